The van der Waals surface area contributed by atoms with E-state index in [2.05, 4.69) is 4.98 Å². The number of nitrogens with two attached hydrogens (primary N) is 1. The summed E-state index contributed by atoms with van der Waals surface area (Å²) in [5.41, 5.74) is 6.06. The fourth-order valence-electron chi connectivity index (χ4n) is 0.608. The van der Waals surface area contributed by atoms with Gasteiger partial charge in [-0.1, -0.05) is 0 Å². The molecule has 0 aliphatic carbocycles. The summed E-state index contributed by atoms with van der Waals surface area (Å²) in [6.45, 7) is 0.336. The molecule has 1 rings (SSSR count). The molecule has 0 bridgehead atoms. The summed E-state index contributed by atoms with van der Waals surface area (Å²) in [6.07, 6.45) is 1.18. The van der Waals surface area contributed by atoms with E-state index in [1.807, 2.05) is 22.6 Å². The summed E-state index contributed by atoms with van der Waals surface area (Å²) in [5, 5.41) is 0. The Hall–Kier alpha value is -0.230. The molecule has 0 spiro atoms. The zero-order chi connectivity index (χ0) is 7.56. The van der Waals surface area contributed by atoms with Crippen LogP contribution in [0.4, 0.5) is 4.39 Å². The average molecular weight is 252 g/mol. The zero-order valence-electron chi connectivity index (χ0n) is 5.14. The molecule has 0 saturated heterocycles. The molecule has 0 unspecified atom stereocenters. The lowest BCUT2D eigenvalue weighted by atomic mass is 10.3. The standard InChI is InChI=1S/C6H6FIN2/c7-5-1-4(2-9)6(8)10-3-5/h1,3H,2,9H2. The normalized spacial score (nSPS) is 9.90. The Bertz CT molecular complexity index is 239. The van der Waals surface area contributed by atoms with Crippen LogP contribution in [-0.4, -0.2) is 4.98 Å². The lowest BCUT2D eigenvalue weighted by Crippen LogP contribution is -2.01. The van der Waals surface area contributed by atoms with Crippen molar-refractivity contribution in [3.63, 3.8) is 0 Å². The van der Waals surface area contributed by atoms with Gasteiger partial charge in [0.25, 0.3) is 0 Å². The molecule has 0 saturated carbocycles. The number of aromatic nitrogens is 1. The van der Waals surface area contributed by atoms with Crippen LogP contribution >= 0.6 is 22.6 Å². The molecule has 0 atom stereocenters. The van der Waals surface area contributed by atoms with Gasteiger partial charge in [0.1, 0.15) is 9.52 Å². The van der Waals surface area contributed by atoms with Crippen LogP contribution in [0, 0.1) is 9.52 Å². The Morgan fingerprint density at radius 1 is 1.70 bits per heavy atom. The quantitative estimate of drug-likeness (QED) is 0.604. The predicted octanol–water partition coefficient (Wildman–Crippen LogP) is 1.28. The van der Waals surface area contributed by atoms with Crippen molar-refractivity contribution >= 4 is 22.6 Å². The highest BCUT2D eigenvalue weighted by Gasteiger charge is 1.99. The first-order valence-corrected chi connectivity index (χ1v) is 3.82. The molecule has 1 aromatic heterocycles. The van der Waals surface area contributed by atoms with Crippen LogP contribution in [0.15, 0.2) is 12.3 Å². The van der Waals surface area contributed by atoms with Crippen LogP contribution in [0.3, 0.4) is 0 Å². The monoisotopic (exact) mass is 252 g/mol. The smallest absolute Gasteiger partial charge is 0.141 e. The maximum Gasteiger partial charge on any atom is 0.141 e. The summed E-state index contributed by atoms with van der Waals surface area (Å²) < 4.78 is 13.2. The van der Waals surface area contributed by atoms with Gasteiger partial charge in [-0.25, -0.2) is 9.37 Å². The zero-order valence-corrected chi connectivity index (χ0v) is 7.30. The van der Waals surface area contributed by atoms with Crippen molar-refractivity contribution < 1.29 is 4.39 Å². The Balaban J connectivity index is 3.09. The molecule has 0 radical (unpaired) electrons. The number of halogens is 2. The van der Waals surface area contributed by atoms with Gasteiger partial charge in [0, 0.05) is 12.1 Å². The summed E-state index contributed by atoms with van der Waals surface area (Å²) >= 11 is 2.02. The molecule has 4 heteroatoms. The second-order valence-electron chi connectivity index (χ2n) is 1.81. The van der Waals surface area contributed by atoms with Crippen LogP contribution in [0.25, 0.3) is 0 Å². The van der Waals surface area contributed by atoms with Crippen LogP contribution in [0.1, 0.15) is 5.56 Å². The van der Waals surface area contributed by atoms with Crippen molar-refractivity contribution in [2.75, 3.05) is 0 Å². The van der Waals surface area contributed by atoms with Gasteiger partial charge in [0.05, 0.1) is 6.20 Å². The van der Waals surface area contributed by atoms with Gasteiger partial charge in [0.15, 0.2) is 0 Å². The lowest BCUT2D eigenvalue weighted by Gasteiger charge is -1.97. The van der Waals surface area contributed by atoms with Gasteiger partial charge in [-0.05, 0) is 28.7 Å². The highest BCUT2D eigenvalue weighted by atomic mass is 127. The number of nitrogens with zero attached hydrogens (tertiary/aromatic N) is 1. The van der Waals surface area contributed by atoms with E-state index in [1.54, 1.807) is 0 Å². The Morgan fingerprint density at radius 3 is 2.90 bits per heavy atom. The van der Waals surface area contributed by atoms with Crippen LogP contribution in [-0.2, 0) is 6.54 Å². The first kappa shape index (κ1) is 7.87. The number of hydrogen-bond donors (Lipinski definition) is 1. The molecule has 1 aromatic rings. The molecule has 10 heavy (non-hydrogen) atoms. The molecular weight excluding hydrogens is 246 g/mol. The summed E-state index contributed by atoms with van der Waals surface area (Å²) in [4.78, 5) is 3.78. The van der Waals surface area contributed by atoms with Gasteiger partial charge in [0.2, 0.25) is 0 Å². The largest absolute Gasteiger partial charge is 0.326 e. The molecule has 2 N–H and O–H groups in total. The number of hydrogen-bond acceptors (Lipinski definition) is 2. The second kappa shape index (κ2) is 3.25. The minimum atomic E-state index is -0.333. The van der Waals surface area contributed by atoms with E-state index in [-0.39, 0.29) is 5.82 Å². The Kier molecular flexibility index (Phi) is 2.56. The van der Waals surface area contributed by atoms with Crippen molar-refractivity contribution in [3.8, 4) is 0 Å². The third kappa shape index (κ3) is 1.63. The topological polar surface area (TPSA) is 38.9 Å². The van der Waals surface area contributed by atoms with Crippen molar-refractivity contribution in [2.45, 2.75) is 6.54 Å². The van der Waals surface area contributed by atoms with Crippen LogP contribution < -0.4 is 5.73 Å². The van der Waals surface area contributed by atoms with Gasteiger partial charge < -0.3 is 5.73 Å². The molecule has 0 aliphatic heterocycles. The van der Waals surface area contributed by atoms with Crippen LogP contribution in [0.2, 0.25) is 0 Å². The van der Waals surface area contributed by atoms with E-state index in [0.29, 0.717) is 6.54 Å². The molecule has 0 fully saturated rings. The van der Waals surface area contributed by atoms with Crippen molar-refractivity contribution in [1.82, 2.24) is 4.98 Å². The molecule has 0 aromatic carbocycles. The van der Waals surface area contributed by atoms with Gasteiger partial charge >= 0.3 is 0 Å². The van der Waals surface area contributed by atoms with E-state index in [0.717, 1.165) is 9.26 Å². The highest BCUT2D eigenvalue weighted by molar-refractivity contribution is 14.1. The maximum atomic E-state index is 12.4. The van der Waals surface area contributed by atoms with Crippen LogP contribution in [0.5, 0.6) is 0 Å². The molecule has 2 nitrogen and oxygen atoms in total. The first-order chi connectivity index (χ1) is 4.74. The number of pyridine rings is 1. The maximum absolute atomic E-state index is 12.4. The van der Waals surface area contributed by atoms with E-state index in [4.69, 9.17) is 5.73 Å². The molecule has 1 heterocycles. The summed E-state index contributed by atoms with van der Waals surface area (Å²) in [7, 11) is 0. The molecular formula is C6H6FIN2. The fourth-order valence-corrected chi connectivity index (χ4v) is 1.12. The summed E-state index contributed by atoms with van der Waals surface area (Å²) in [6, 6.07) is 1.40. The third-order valence-electron chi connectivity index (χ3n) is 1.10. The second-order valence-corrected chi connectivity index (χ2v) is 2.83. The van der Waals surface area contributed by atoms with Gasteiger partial charge in [-0.2, -0.15) is 0 Å². The van der Waals surface area contributed by atoms with Crippen molar-refractivity contribution in [1.29, 1.82) is 0 Å². The van der Waals surface area contributed by atoms with Gasteiger partial charge in [-0.3, -0.25) is 0 Å². The number of rotatable bonds is 1. The van der Waals surface area contributed by atoms with E-state index < -0.39 is 0 Å². The minimum Gasteiger partial charge on any atom is -0.326 e. The predicted molar refractivity (Wildman–Crippen MR) is 44.8 cm³/mol. The SMILES string of the molecule is NCc1cc(F)cnc1I. The first-order valence-electron chi connectivity index (χ1n) is 2.74. The molecule has 0 amide bonds. The highest BCUT2D eigenvalue weighted by Crippen LogP contribution is 2.08. The van der Waals surface area contributed by atoms with E-state index in [9.17, 15) is 4.39 Å². The minimum absolute atomic E-state index is 0.333. The van der Waals surface area contributed by atoms with E-state index in [1.165, 1.54) is 12.3 Å². The van der Waals surface area contributed by atoms with Gasteiger partial charge in [-0.15, -0.1) is 0 Å². The Morgan fingerprint density at radius 2 is 2.40 bits per heavy atom. The summed E-state index contributed by atoms with van der Waals surface area (Å²) in [5.74, 6) is -0.333. The van der Waals surface area contributed by atoms with Crippen molar-refractivity contribution in [2.24, 2.45) is 5.73 Å². The van der Waals surface area contributed by atoms with E-state index >= 15 is 0 Å². The lowest BCUT2D eigenvalue weighted by molar-refractivity contribution is 0.617. The molecule has 54 valence electrons. The Labute approximate surface area is 71.8 Å². The fraction of sp³-hybridized carbons (Fsp3) is 0.167. The average Bonchev–Trinajstić information content (AvgIpc) is 1.94. The third-order valence-corrected chi connectivity index (χ3v) is 2.07. The van der Waals surface area contributed by atoms with Crippen molar-refractivity contribution in [3.05, 3.63) is 27.3 Å². The molecule has 0 aliphatic rings.